The molecule has 2 aromatic heterocycles. The molecule has 0 aliphatic carbocycles. The van der Waals surface area contributed by atoms with Crippen LogP contribution in [0.5, 0.6) is 0 Å². The fraction of sp³-hybridized carbons (Fsp3) is 0.529. The lowest BCUT2D eigenvalue weighted by Gasteiger charge is -2.32. The topological polar surface area (TPSA) is 63.3 Å². The first-order chi connectivity index (χ1) is 11.1. The Morgan fingerprint density at radius 2 is 2.17 bits per heavy atom. The quantitative estimate of drug-likeness (QED) is 0.913. The van der Waals surface area contributed by atoms with E-state index in [1.807, 2.05) is 24.9 Å². The summed E-state index contributed by atoms with van der Waals surface area (Å²) in [4.78, 5) is 14.7. The van der Waals surface area contributed by atoms with Crippen molar-refractivity contribution in [2.75, 3.05) is 19.6 Å². The van der Waals surface area contributed by atoms with Crippen LogP contribution in [0.25, 0.3) is 0 Å². The minimum Gasteiger partial charge on any atom is -0.469 e. The largest absolute Gasteiger partial charge is 0.469 e. The van der Waals surface area contributed by atoms with E-state index in [4.69, 9.17) is 4.42 Å². The minimum atomic E-state index is -0.0235. The van der Waals surface area contributed by atoms with E-state index < -0.39 is 0 Å². The summed E-state index contributed by atoms with van der Waals surface area (Å²) in [6.45, 7) is 4.90. The van der Waals surface area contributed by atoms with Crippen LogP contribution >= 0.6 is 0 Å². The predicted octanol–water partition coefficient (Wildman–Crippen LogP) is 1.76. The second kappa shape index (κ2) is 7.00. The van der Waals surface area contributed by atoms with Gasteiger partial charge in [0.15, 0.2) is 0 Å². The molecule has 23 heavy (non-hydrogen) atoms. The van der Waals surface area contributed by atoms with E-state index in [-0.39, 0.29) is 11.9 Å². The highest BCUT2D eigenvalue weighted by molar-refractivity contribution is 5.95. The van der Waals surface area contributed by atoms with Gasteiger partial charge in [0.25, 0.3) is 5.91 Å². The highest BCUT2D eigenvalue weighted by atomic mass is 16.3. The first-order valence-corrected chi connectivity index (χ1v) is 8.17. The monoisotopic (exact) mass is 316 g/mol. The highest BCUT2D eigenvalue weighted by Gasteiger charge is 2.22. The summed E-state index contributed by atoms with van der Waals surface area (Å²) < 4.78 is 7.12. The second-order valence-electron chi connectivity index (χ2n) is 6.18. The maximum Gasteiger partial charge on any atom is 0.255 e. The first-order valence-electron chi connectivity index (χ1n) is 8.17. The van der Waals surface area contributed by atoms with Crippen LogP contribution in [0.2, 0.25) is 0 Å². The van der Waals surface area contributed by atoms with Crippen LogP contribution in [0.15, 0.2) is 29.0 Å². The average Bonchev–Trinajstić information content (AvgIpc) is 3.15. The number of furan rings is 1. The molecule has 124 valence electrons. The molecule has 1 saturated heterocycles. The summed E-state index contributed by atoms with van der Waals surface area (Å²) in [6.07, 6.45) is 6.41. The molecule has 1 fully saturated rings. The van der Waals surface area contributed by atoms with Crippen molar-refractivity contribution < 1.29 is 9.21 Å². The molecular formula is C17H24N4O2. The molecule has 6 heteroatoms. The van der Waals surface area contributed by atoms with E-state index in [2.05, 4.69) is 21.4 Å². The Balaban J connectivity index is 1.43. The zero-order valence-electron chi connectivity index (χ0n) is 13.8. The Kier molecular flexibility index (Phi) is 4.81. The van der Waals surface area contributed by atoms with Crippen molar-refractivity contribution in [1.82, 2.24) is 20.0 Å². The summed E-state index contributed by atoms with van der Waals surface area (Å²) in [7, 11) is 1.98. The molecule has 0 unspecified atom stereocenters. The number of hydrogen-bond donors (Lipinski definition) is 1. The number of rotatable bonds is 5. The third kappa shape index (κ3) is 3.82. The molecule has 0 radical (unpaired) electrons. The van der Waals surface area contributed by atoms with E-state index in [0.29, 0.717) is 11.3 Å². The lowest BCUT2D eigenvalue weighted by atomic mass is 10.0. The lowest BCUT2D eigenvalue weighted by Crippen LogP contribution is -2.45. The summed E-state index contributed by atoms with van der Waals surface area (Å²) in [5, 5.41) is 7.32. The van der Waals surface area contributed by atoms with Gasteiger partial charge in [0.2, 0.25) is 0 Å². The molecule has 0 spiro atoms. The molecule has 0 bridgehead atoms. The maximum atomic E-state index is 12.2. The summed E-state index contributed by atoms with van der Waals surface area (Å²) in [6, 6.07) is 4.05. The van der Waals surface area contributed by atoms with Gasteiger partial charge in [0, 0.05) is 51.0 Å². The SMILES string of the molecule is Cc1occc1C(=O)NC1CCN(CCc2ccnn2C)CC1. The molecule has 1 amide bonds. The van der Waals surface area contributed by atoms with Crippen LogP contribution in [0, 0.1) is 6.92 Å². The van der Waals surface area contributed by atoms with Crippen molar-refractivity contribution in [2.24, 2.45) is 7.05 Å². The summed E-state index contributed by atoms with van der Waals surface area (Å²) in [5.74, 6) is 0.653. The van der Waals surface area contributed by atoms with Gasteiger partial charge in [-0.3, -0.25) is 9.48 Å². The number of carbonyl (C=O) groups excluding carboxylic acids is 1. The van der Waals surface area contributed by atoms with Crippen LogP contribution in [-0.4, -0.2) is 46.3 Å². The molecule has 0 aromatic carbocycles. The zero-order valence-corrected chi connectivity index (χ0v) is 13.8. The van der Waals surface area contributed by atoms with E-state index in [0.717, 1.165) is 38.9 Å². The lowest BCUT2D eigenvalue weighted by molar-refractivity contribution is 0.0910. The van der Waals surface area contributed by atoms with Crippen molar-refractivity contribution in [2.45, 2.75) is 32.2 Å². The fourth-order valence-corrected chi connectivity index (χ4v) is 3.10. The van der Waals surface area contributed by atoms with Crippen LogP contribution in [0.1, 0.15) is 34.7 Å². The summed E-state index contributed by atoms with van der Waals surface area (Å²) >= 11 is 0. The van der Waals surface area contributed by atoms with Gasteiger partial charge in [-0.15, -0.1) is 0 Å². The molecule has 3 rings (SSSR count). The number of likely N-dealkylation sites (tertiary alicyclic amines) is 1. The molecule has 0 saturated carbocycles. The highest BCUT2D eigenvalue weighted by Crippen LogP contribution is 2.14. The number of carbonyl (C=O) groups is 1. The molecule has 1 aliphatic heterocycles. The molecule has 6 nitrogen and oxygen atoms in total. The van der Waals surface area contributed by atoms with Crippen molar-refractivity contribution >= 4 is 5.91 Å². The van der Waals surface area contributed by atoms with E-state index in [9.17, 15) is 4.79 Å². The number of nitrogens with one attached hydrogen (secondary N) is 1. The van der Waals surface area contributed by atoms with Gasteiger partial charge < -0.3 is 14.6 Å². The number of aromatic nitrogens is 2. The van der Waals surface area contributed by atoms with Crippen LogP contribution in [-0.2, 0) is 13.5 Å². The number of hydrogen-bond acceptors (Lipinski definition) is 4. The van der Waals surface area contributed by atoms with Gasteiger partial charge in [0.05, 0.1) is 11.8 Å². The smallest absolute Gasteiger partial charge is 0.255 e. The third-order valence-corrected chi connectivity index (χ3v) is 4.63. The van der Waals surface area contributed by atoms with Crippen molar-refractivity contribution in [3.05, 3.63) is 41.6 Å². The van der Waals surface area contributed by atoms with Gasteiger partial charge in [-0.25, -0.2) is 0 Å². The van der Waals surface area contributed by atoms with E-state index in [1.165, 1.54) is 5.69 Å². The van der Waals surface area contributed by atoms with Gasteiger partial charge in [-0.2, -0.15) is 5.10 Å². The molecule has 3 heterocycles. The molecule has 2 aromatic rings. The first kappa shape index (κ1) is 15.8. The number of piperidine rings is 1. The van der Waals surface area contributed by atoms with Crippen LogP contribution in [0.3, 0.4) is 0 Å². The number of aryl methyl sites for hydroxylation is 2. The minimum absolute atomic E-state index is 0.0235. The molecule has 1 N–H and O–H groups in total. The zero-order chi connectivity index (χ0) is 16.2. The van der Waals surface area contributed by atoms with Crippen LogP contribution in [0.4, 0.5) is 0 Å². The number of nitrogens with zero attached hydrogens (tertiary/aromatic N) is 3. The third-order valence-electron chi connectivity index (χ3n) is 4.63. The van der Waals surface area contributed by atoms with Crippen molar-refractivity contribution in [3.8, 4) is 0 Å². The van der Waals surface area contributed by atoms with Gasteiger partial charge in [-0.05, 0) is 31.9 Å². The normalized spacial score (nSPS) is 16.6. The van der Waals surface area contributed by atoms with Crippen molar-refractivity contribution in [1.29, 1.82) is 0 Å². The maximum absolute atomic E-state index is 12.2. The van der Waals surface area contributed by atoms with E-state index in [1.54, 1.807) is 12.3 Å². The molecular weight excluding hydrogens is 292 g/mol. The predicted molar refractivity (Wildman–Crippen MR) is 87.3 cm³/mol. The second-order valence-corrected chi connectivity index (χ2v) is 6.18. The Labute approximate surface area is 136 Å². The number of amides is 1. The van der Waals surface area contributed by atoms with Gasteiger partial charge in [0.1, 0.15) is 5.76 Å². The average molecular weight is 316 g/mol. The Morgan fingerprint density at radius 3 is 2.78 bits per heavy atom. The fourth-order valence-electron chi connectivity index (χ4n) is 3.10. The molecule has 1 aliphatic rings. The Hall–Kier alpha value is -2.08. The van der Waals surface area contributed by atoms with E-state index >= 15 is 0 Å². The molecule has 0 atom stereocenters. The Morgan fingerprint density at radius 1 is 1.39 bits per heavy atom. The van der Waals surface area contributed by atoms with Crippen molar-refractivity contribution in [3.63, 3.8) is 0 Å². The standard InChI is InChI=1S/C17H24N4O2/c1-13-16(7-12-23-13)17(22)19-14-4-9-21(10-5-14)11-6-15-3-8-18-20(15)2/h3,7-8,12,14H,4-6,9-11H2,1-2H3,(H,19,22). The van der Waals surface area contributed by atoms with Gasteiger partial charge in [-0.1, -0.05) is 0 Å². The van der Waals surface area contributed by atoms with Gasteiger partial charge >= 0.3 is 0 Å². The Bertz CT molecular complexity index is 653. The summed E-state index contributed by atoms with van der Waals surface area (Å²) in [5.41, 5.74) is 1.90. The van der Waals surface area contributed by atoms with Crippen LogP contribution < -0.4 is 5.32 Å².